The van der Waals surface area contributed by atoms with E-state index >= 15 is 0 Å². The molecule has 2 aromatic rings. The molecule has 0 saturated heterocycles. The van der Waals surface area contributed by atoms with Gasteiger partial charge < -0.3 is 4.90 Å². The molecular formula is C13H18N4. The van der Waals surface area contributed by atoms with Crippen LogP contribution in [0.5, 0.6) is 0 Å². The van der Waals surface area contributed by atoms with Crippen molar-refractivity contribution in [2.45, 2.75) is 27.3 Å². The van der Waals surface area contributed by atoms with Gasteiger partial charge in [-0.1, -0.05) is 12.1 Å². The standard InChI is InChI=1S/C13H18N4/c1-5-17-11(3)14-15-13(17)16(4)12-8-6-7-10(2)9-12/h6-9H,5H2,1-4H3. The van der Waals surface area contributed by atoms with E-state index in [1.807, 2.05) is 14.0 Å². The highest BCUT2D eigenvalue weighted by molar-refractivity contribution is 5.57. The minimum absolute atomic E-state index is 0.879. The van der Waals surface area contributed by atoms with E-state index in [-0.39, 0.29) is 0 Å². The van der Waals surface area contributed by atoms with Gasteiger partial charge in [0.05, 0.1) is 0 Å². The normalized spacial score (nSPS) is 10.6. The van der Waals surface area contributed by atoms with E-state index in [0.717, 1.165) is 24.0 Å². The largest absolute Gasteiger partial charge is 0.314 e. The van der Waals surface area contributed by atoms with Crippen LogP contribution < -0.4 is 4.90 Å². The van der Waals surface area contributed by atoms with Crippen LogP contribution in [0.4, 0.5) is 11.6 Å². The van der Waals surface area contributed by atoms with Gasteiger partial charge in [-0.2, -0.15) is 0 Å². The molecule has 0 aliphatic heterocycles. The molecule has 0 amide bonds. The maximum absolute atomic E-state index is 4.23. The molecule has 0 atom stereocenters. The number of anilines is 2. The van der Waals surface area contributed by atoms with Crippen LogP contribution in [0, 0.1) is 13.8 Å². The first kappa shape index (κ1) is 11.6. The Morgan fingerprint density at radius 1 is 1.24 bits per heavy atom. The Morgan fingerprint density at radius 2 is 2.00 bits per heavy atom. The van der Waals surface area contributed by atoms with Crippen LogP contribution in [0.2, 0.25) is 0 Å². The van der Waals surface area contributed by atoms with Gasteiger partial charge in [-0.15, -0.1) is 10.2 Å². The molecule has 1 aromatic heterocycles. The monoisotopic (exact) mass is 230 g/mol. The van der Waals surface area contributed by atoms with E-state index in [1.54, 1.807) is 0 Å². The third kappa shape index (κ3) is 2.16. The van der Waals surface area contributed by atoms with Crippen LogP contribution in [0.1, 0.15) is 18.3 Å². The van der Waals surface area contributed by atoms with Gasteiger partial charge >= 0.3 is 0 Å². The second-order valence-corrected chi connectivity index (χ2v) is 4.19. The van der Waals surface area contributed by atoms with Crippen molar-refractivity contribution in [2.75, 3.05) is 11.9 Å². The average Bonchev–Trinajstić information content (AvgIpc) is 2.69. The highest BCUT2D eigenvalue weighted by atomic mass is 15.4. The number of hydrogen-bond acceptors (Lipinski definition) is 3. The van der Waals surface area contributed by atoms with Gasteiger partial charge in [-0.05, 0) is 38.5 Å². The van der Waals surface area contributed by atoms with E-state index < -0.39 is 0 Å². The summed E-state index contributed by atoms with van der Waals surface area (Å²) in [7, 11) is 2.02. The summed E-state index contributed by atoms with van der Waals surface area (Å²) >= 11 is 0. The van der Waals surface area contributed by atoms with Gasteiger partial charge in [0.2, 0.25) is 5.95 Å². The van der Waals surface area contributed by atoms with Crippen LogP contribution in [0.15, 0.2) is 24.3 Å². The van der Waals surface area contributed by atoms with E-state index in [9.17, 15) is 0 Å². The first-order chi connectivity index (χ1) is 8.13. The van der Waals surface area contributed by atoms with Crippen molar-refractivity contribution >= 4 is 11.6 Å². The Bertz CT molecular complexity index is 516. The summed E-state index contributed by atoms with van der Waals surface area (Å²) < 4.78 is 2.10. The number of aryl methyl sites for hydroxylation is 2. The molecule has 0 unspecified atom stereocenters. The van der Waals surface area contributed by atoms with Gasteiger partial charge in [0.25, 0.3) is 0 Å². The molecule has 1 aromatic carbocycles. The van der Waals surface area contributed by atoms with Crippen LogP contribution in [-0.2, 0) is 6.54 Å². The lowest BCUT2D eigenvalue weighted by molar-refractivity contribution is 0.725. The maximum Gasteiger partial charge on any atom is 0.231 e. The molecular weight excluding hydrogens is 212 g/mol. The third-order valence-corrected chi connectivity index (χ3v) is 2.92. The van der Waals surface area contributed by atoms with Gasteiger partial charge in [0, 0.05) is 19.3 Å². The fraction of sp³-hybridized carbons (Fsp3) is 0.385. The van der Waals surface area contributed by atoms with Gasteiger partial charge in [0.1, 0.15) is 5.82 Å². The molecule has 0 aliphatic rings. The van der Waals surface area contributed by atoms with Crippen molar-refractivity contribution in [1.29, 1.82) is 0 Å². The summed E-state index contributed by atoms with van der Waals surface area (Å²) in [6.45, 7) is 7.05. The lowest BCUT2D eigenvalue weighted by Gasteiger charge is -2.19. The van der Waals surface area contributed by atoms with Crippen LogP contribution >= 0.6 is 0 Å². The van der Waals surface area contributed by atoms with Crippen molar-refractivity contribution < 1.29 is 0 Å². The summed E-state index contributed by atoms with van der Waals surface area (Å²) in [5.74, 6) is 1.83. The Hall–Kier alpha value is -1.84. The number of nitrogens with zero attached hydrogens (tertiary/aromatic N) is 4. The molecule has 1 heterocycles. The Labute approximate surface area is 102 Å². The second-order valence-electron chi connectivity index (χ2n) is 4.19. The molecule has 2 rings (SSSR count). The molecule has 0 saturated carbocycles. The zero-order valence-corrected chi connectivity index (χ0v) is 10.8. The molecule has 0 N–H and O–H groups in total. The molecule has 0 fully saturated rings. The summed E-state index contributed by atoms with van der Waals surface area (Å²) in [6.07, 6.45) is 0. The van der Waals surface area contributed by atoms with Crippen LogP contribution in [0.25, 0.3) is 0 Å². The van der Waals surface area contributed by atoms with Crippen LogP contribution in [0.3, 0.4) is 0 Å². The summed E-state index contributed by atoms with van der Waals surface area (Å²) in [5.41, 5.74) is 2.38. The van der Waals surface area contributed by atoms with E-state index in [0.29, 0.717) is 0 Å². The highest BCUT2D eigenvalue weighted by Crippen LogP contribution is 2.22. The number of benzene rings is 1. The lowest BCUT2D eigenvalue weighted by Crippen LogP contribution is -2.15. The molecule has 17 heavy (non-hydrogen) atoms. The minimum Gasteiger partial charge on any atom is -0.314 e. The number of rotatable bonds is 3. The van der Waals surface area contributed by atoms with Crippen molar-refractivity contribution in [3.05, 3.63) is 35.7 Å². The number of hydrogen-bond donors (Lipinski definition) is 0. The quantitative estimate of drug-likeness (QED) is 0.813. The zero-order chi connectivity index (χ0) is 12.4. The van der Waals surface area contributed by atoms with Crippen LogP contribution in [-0.4, -0.2) is 21.8 Å². The maximum atomic E-state index is 4.23. The predicted octanol–water partition coefficient (Wildman–Crippen LogP) is 2.68. The highest BCUT2D eigenvalue weighted by Gasteiger charge is 2.13. The predicted molar refractivity (Wildman–Crippen MR) is 69.7 cm³/mol. The SMILES string of the molecule is CCn1c(C)nnc1N(C)c1cccc(C)c1. The second kappa shape index (κ2) is 4.57. The van der Waals surface area contributed by atoms with Gasteiger partial charge in [-0.3, -0.25) is 4.57 Å². The first-order valence-corrected chi connectivity index (χ1v) is 5.83. The molecule has 0 radical (unpaired) electrons. The summed E-state index contributed by atoms with van der Waals surface area (Å²) in [6, 6.07) is 8.37. The molecule has 4 nitrogen and oxygen atoms in total. The van der Waals surface area contributed by atoms with E-state index in [1.165, 1.54) is 5.56 Å². The van der Waals surface area contributed by atoms with E-state index in [2.05, 4.69) is 57.8 Å². The molecule has 90 valence electrons. The summed E-state index contributed by atoms with van der Waals surface area (Å²) in [5, 5.41) is 8.36. The molecule has 4 heteroatoms. The van der Waals surface area contributed by atoms with Crippen molar-refractivity contribution in [3.63, 3.8) is 0 Å². The van der Waals surface area contributed by atoms with Crippen molar-refractivity contribution in [2.24, 2.45) is 0 Å². The van der Waals surface area contributed by atoms with Crippen molar-refractivity contribution in [3.8, 4) is 0 Å². The number of aromatic nitrogens is 3. The van der Waals surface area contributed by atoms with Gasteiger partial charge in [0.15, 0.2) is 0 Å². The Kier molecular flexibility index (Phi) is 3.13. The molecule has 0 spiro atoms. The topological polar surface area (TPSA) is 34.0 Å². The first-order valence-electron chi connectivity index (χ1n) is 5.83. The smallest absolute Gasteiger partial charge is 0.231 e. The Balaban J connectivity index is 2.40. The van der Waals surface area contributed by atoms with E-state index in [4.69, 9.17) is 0 Å². The third-order valence-electron chi connectivity index (χ3n) is 2.92. The minimum atomic E-state index is 0.879. The summed E-state index contributed by atoms with van der Waals surface area (Å²) in [4.78, 5) is 2.07. The average molecular weight is 230 g/mol. The fourth-order valence-corrected chi connectivity index (χ4v) is 1.94. The molecule has 0 aliphatic carbocycles. The van der Waals surface area contributed by atoms with Gasteiger partial charge in [-0.25, -0.2) is 0 Å². The van der Waals surface area contributed by atoms with Crippen molar-refractivity contribution in [1.82, 2.24) is 14.8 Å². The lowest BCUT2D eigenvalue weighted by atomic mass is 10.2. The Morgan fingerprint density at radius 3 is 2.65 bits per heavy atom. The molecule has 0 bridgehead atoms. The zero-order valence-electron chi connectivity index (χ0n) is 10.8. The fourth-order valence-electron chi connectivity index (χ4n) is 1.94.